The molecule has 2 aromatic carbocycles. The molecule has 1 atom stereocenters. The maximum absolute atomic E-state index is 10.5. The highest BCUT2D eigenvalue weighted by Gasteiger charge is 2.27. The number of aliphatic hydroxyl groups is 1. The summed E-state index contributed by atoms with van der Waals surface area (Å²) in [4.78, 5) is 0. The van der Waals surface area contributed by atoms with Gasteiger partial charge in [0.25, 0.3) is 0 Å². The fraction of sp³-hybridized carbons (Fsp3) is 0.300. The monoisotopic (exact) mass is 310 g/mol. The van der Waals surface area contributed by atoms with Crippen LogP contribution < -0.4 is 0 Å². The quantitative estimate of drug-likeness (QED) is 0.737. The van der Waals surface area contributed by atoms with Crippen LogP contribution in [0.3, 0.4) is 0 Å². The van der Waals surface area contributed by atoms with E-state index in [4.69, 9.17) is 0 Å². The van der Waals surface area contributed by atoms with E-state index in [1.165, 1.54) is 10.8 Å². The number of aliphatic hydroxyl groups excluding tert-OH is 1. The molecule has 0 aliphatic rings. The minimum absolute atomic E-state index is 0.407. The highest BCUT2D eigenvalue weighted by Crippen LogP contribution is 2.29. The van der Waals surface area contributed by atoms with Crippen molar-refractivity contribution in [3.8, 4) is 0 Å². The molecule has 0 aliphatic carbocycles. The summed E-state index contributed by atoms with van der Waals surface area (Å²) in [6.45, 7) is 6.90. The van der Waals surface area contributed by atoms with Crippen LogP contribution in [0, 0.1) is 0 Å². The van der Waals surface area contributed by atoms with Crippen molar-refractivity contribution in [1.29, 1.82) is 0 Å². The summed E-state index contributed by atoms with van der Waals surface area (Å²) >= 11 is 0. The fourth-order valence-electron chi connectivity index (χ4n) is 3.01. The smallest absolute Gasteiger partial charge is 0.0823 e. The second-order valence-corrected chi connectivity index (χ2v) is 11.3. The standard InChI is InChI=1S/C20H26OSi/c1-4-19(15-20(21)18-13-9-6-10-14-18)22(2,3)16-17-11-7-5-8-12-17/h4-14,20-21H,15-16H2,1-3H3/b19-4+. The van der Waals surface area contributed by atoms with E-state index in [9.17, 15) is 5.11 Å². The molecular formula is C20H26OSi. The van der Waals surface area contributed by atoms with Crippen LogP contribution >= 0.6 is 0 Å². The third-order valence-corrected chi connectivity index (χ3v) is 7.83. The summed E-state index contributed by atoms with van der Waals surface area (Å²) in [6.07, 6.45) is 2.56. The normalized spacial score (nSPS) is 13.9. The molecule has 2 aromatic rings. The van der Waals surface area contributed by atoms with E-state index in [0.717, 1.165) is 18.0 Å². The maximum Gasteiger partial charge on any atom is 0.0823 e. The second-order valence-electron chi connectivity index (χ2n) is 6.49. The van der Waals surface area contributed by atoms with E-state index >= 15 is 0 Å². The van der Waals surface area contributed by atoms with E-state index in [-0.39, 0.29) is 0 Å². The van der Waals surface area contributed by atoms with Gasteiger partial charge >= 0.3 is 0 Å². The molecule has 0 saturated carbocycles. The maximum atomic E-state index is 10.5. The molecule has 0 saturated heterocycles. The Hall–Kier alpha value is -1.64. The van der Waals surface area contributed by atoms with E-state index in [1.54, 1.807) is 0 Å². The molecule has 0 amide bonds. The molecule has 0 aliphatic heterocycles. The first-order valence-corrected chi connectivity index (χ1v) is 11.2. The molecule has 0 fully saturated rings. The van der Waals surface area contributed by atoms with Crippen molar-refractivity contribution in [3.63, 3.8) is 0 Å². The highest BCUT2D eigenvalue weighted by molar-refractivity contribution is 6.83. The Balaban J connectivity index is 2.10. The van der Waals surface area contributed by atoms with Gasteiger partial charge in [0.05, 0.1) is 14.2 Å². The fourth-order valence-corrected chi connectivity index (χ4v) is 6.02. The molecule has 1 unspecified atom stereocenters. The summed E-state index contributed by atoms with van der Waals surface area (Å²) < 4.78 is 0. The van der Waals surface area contributed by atoms with Crippen molar-refractivity contribution >= 4 is 8.07 Å². The molecule has 0 spiro atoms. The zero-order chi connectivity index (χ0) is 16.0. The SMILES string of the molecule is C/C=C(\CC(O)c1ccccc1)[Si](C)(C)Cc1ccccc1. The average molecular weight is 311 g/mol. The Morgan fingerprint density at radius 2 is 1.55 bits per heavy atom. The first kappa shape index (κ1) is 16.7. The van der Waals surface area contributed by atoms with Crippen molar-refractivity contribution < 1.29 is 5.11 Å². The largest absolute Gasteiger partial charge is 0.388 e. The van der Waals surface area contributed by atoms with Crippen molar-refractivity contribution in [2.45, 2.75) is 38.6 Å². The highest BCUT2D eigenvalue weighted by atomic mass is 28.3. The van der Waals surface area contributed by atoms with Crippen LogP contribution in [-0.4, -0.2) is 13.2 Å². The lowest BCUT2D eigenvalue weighted by Crippen LogP contribution is -2.33. The third kappa shape index (κ3) is 4.42. The molecule has 0 aromatic heterocycles. The lowest BCUT2D eigenvalue weighted by Gasteiger charge is -2.28. The molecular weight excluding hydrogens is 284 g/mol. The van der Waals surface area contributed by atoms with Crippen molar-refractivity contribution in [2.24, 2.45) is 0 Å². The molecule has 1 N–H and O–H groups in total. The number of benzene rings is 2. The van der Waals surface area contributed by atoms with Crippen LogP contribution in [0.5, 0.6) is 0 Å². The third-order valence-electron chi connectivity index (χ3n) is 4.30. The molecule has 2 heteroatoms. The molecule has 0 heterocycles. The second kappa shape index (κ2) is 7.57. The van der Waals surface area contributed by atoms with Gasteiger partial charge in [-0.3, -0.25) is 0 Å². The predicted molar refractivity (Wildman–Crippen MR) is 97.4 cm³/mol. The Labute approximate surface area is 135 Å². The number of hydrogen-bond acceptors (Lipinski definition) is 1. The summed E-state index contributed by atoms with van der Waals surface area (Å²) in [5.74, 6) is 0. The van der Waals surface area contributed by atoms with Crippen LogP contribution in [0.1, 0.15) is 30.6 Å². The van der Waals surface area contributed by atoms with Gasteiger partial charge in [-0.15, -0.1) is 0 Å². The van der Waals surface area contributed by atoms with Gasteiger partial charge in [0.1, 0.15) is 0 Å². The van der Waals surface area contributed by atoms with Crippen LogP contribution in [0.15, 0.2) is 71.9 Å². The number of rotatable bonds is 6. The van der Waals surface area contributed by atoms with Crippen LogP contribution in [0.25, 0.3) is 0 Å². The summed E-state index contributed by atoms with van der Waals surface area (Å²) in [5, 5.41) is 12.0. The minimum atomic E-state index is -1.57. The molecule has 22 heavy (non-hydrogen) atoms. The van der Waals surface area contributed by atoms with Gasteiger partial charge in [0.2, 0.25) is 0 Å². The van der Waals surface area contributed by atoms with Crippen LogP contribution in [0.2, 0.25) is 13.1 Å². The minimum Gasteiger partial charge on any atom is -0.388 e. The summed E-state index contributed by atoms with van der Waals surface area (Å²) in [5.41, 5.74) is 2.40. The van der Waals surface area contributed by atoms with Gasteiger partial charge < -0.3 is 5.11 Å². The zero-order valence-electron chi connectivity index (χ0n) is 13.8. The van der Waals surface area contributed by atoms with Gasteiger partial charge in [0, 0.05) is 0 Å². The van der Waals surface area contributed by atoms with Crippen molar-refractivity contribution in [2.75, 3.05) is 0 Å². The first-order chi connectivity index (χ1) is 10.5. The summed E-state index contributed by atoms with van der Waals surface area (Å²) in [7, 11) is -1.57. The van der Waals surface area contributed by atoms with Gasteiger partial charge in [-0.2, -0.15) is 0 Å². The number of allylic oxidation sites excluding steroid dienone is 1. The molecule has 116 valence electrons. The van der Waals surface area contributed by atoms with Gasteiger partial charge in [0.15, 0.2) is 0 Å². The first-order valence-electron chi connectivity index (χ1n) is 7.95. The molecule has 0 radical (unpaired) electrons. The Kier molecular flexibility index (Phi) is 5.75. The van der Waals surface area contributed by atoms with E-state index in [2.05, 4.69) is 56.4 Å². The van der Waals surface area contributed by atoms with Crippen molar-refractivity contribution in [3.05, 3.63) is 83.1 Å². The topological polar surface area (TPSA) is 20.2 Å². The van der Waals surface area contributed by atoms with E-state index in [0.29, 0.717) is 0 Å². The Bertz CT molecular complexity index is 602. The molecule has 2 rings (SSSR count). The number of hydrogen-bond donors (Lipinski definition) is 1. The van der Waals surface area contributed by atoms with E-state index < -0.39 is 14.2 Å². The summed E-state index contributed by atoms with van der Waals surface area (Å²) in [6, 6.07) is 21.8. The van der Waals surface area contributed by atoms with Crippen LogP contribution in [-0.2, 0) is 6.04 Å². The van der Waals surface area contributed by atoms with E-state index in [1.807, 2.05) is 30.3 Å². The van der Waals surface area contributed by atoms with Gasteiger partial charge in [-0.05, 0) is 25.0 Å². The zero-order valence-corrected chi connectivity index (χ0v) is 14.8. The average Bonchev–Trinajstić information content (AvgIpc) is 2.53. The molecule has 0 bridgehead atoms. The molecule has 1 nitrogen and oxygen atoms in total. The lowest BCUT2D eigenvalue weighted by molar-refractivity contribution is 0.180. The Morgan fingerprint density at radius 3 is 2.09 bits per heavy atom. The van der Waals surface area contributed by atoms with Crippen molar-refractivity contribution in [1.82, 2.24) is 0 Å². The lowest BCUT2D eigenvalue weighted by atomic mass is 10.1. The van der Waals surface area contributed by atoms with Gasteiger partial charge in [-0.1, -0.05) is 90.6 Å². The van der Waals surface area contributed by atoms with Gasteiger partial charge in [-0.25, -0.2) is 0 Å². The van der Waals surface area contributed by atoms with Crippen LogP contribution in [0.4, 0.5) is 0 Å². The Morgan fingerprint density at radius 1 is 1.00 bits per heavy atom. The predicted octanol–water partition coefficient (Wildman–Crippen LogP) is 5.09.